The summed E-state index contributed by atoms with van der Waals surface area (Å²) in [6.45, 7) is 4.57. The number of hydrogen-bond acceptors (Lipinski definition) is 4. The summed E-state index contributed by atoms with van der Waals surface area (Å²) in [6.07, 6.45) is 6.69. The number of Topliss-reactive ketones (excluding diaryl/α,β-unsaturated/α-hetero) is 1. The third kappa shape index (κ3) is 3.39. The number of unbranched alkanes of at least 4 members (excludes halogenated alkanes) is 1. The van der Waals surface area contributed by atoms with Crippen LogP contribution in [-0.4, -0.2) is 16.3 Å². The van der Waals surface area contributed by atoms with Gasteiger partial charge in [0.15, 0.2) is 5.78 Å². The lowest BCUT2D eigenvalue weighted by molar-refractivity contribution is 0.0998. The average molecular weight is 402 g/mol. The Hall–Kier alpha value is -1.11. The molecule has 1 aromatic rings. The van der Waals surface area contributed by atoms with Crippen molar-refractivity contribution in [2.75, 3.05) is 6.61 Å². The van der Waals surface area contributed by atoms with Crippen molar-refractivity contribution in [1.82, 2.24) is 0 Å². The van der Waals surface area contributed by atoms with Crippen LogP contribution in [0.4, 0.5) is 0 Å². The Labute approximate surface area is 137 Å². The van der Waals surface area contributed by atoms with Gasteiger partial charge in [-0.3, -0.25) is 9.59 Å². The molecule has 1 atom stereocenters. The zero-order valence-corrected chi connectivity index (χ0v) is 14.4. The fourth-order valence-corrected chi connectivity index (χ4v) is 2.73. The minimum absolute atomic E-state index is 0.170. The average Bonchev–Trinajstić information content (AvgIpc) is 2.47. The monoisotopic (exact) mass is 402 g/mol. The predicted molar refractivity (Wildman–Crippen MR) is 90.5 cm³/mol. The van der Waals surface area contributed by atoms with Crippen molar-refractivity contribution in [2.45, 2.75) is 43.5 Å². The Kier molecular flexibility index (Phi) is 5.61. The number of carbonyl (C=O) groups excluding carboxylic acids is 1. The van der Waals surface area contributed by atoms with Crippen LogP contribution in [0.15, 0.2) is 15.3 Å². The van der Waals surface area contributed by atoms with E-state index in [-0.39, 0.29) is 26.6 Å². The molecule has 1 aliphatic rings. The van der Waals surface area contributed by atoms with E-state index in [2.05, 4.69) is 6.92 Å². The van der Waals surface area contributed by atoms with E-state index in [1.165, 1.54) is 0 Å². The molecule has 0 radical (unpaired) electrons. The van der Waals surface area contributed by atoms with Gasteiger partial charge in [-0.25, -0.2) is 0 Å². The first kappa shape index (κ1) is 16.3. The molecule has 0 amide bonds. The lowest BCUT2D eigenvalue weighted by Gasteiger charge is -2.16. The lowest BCUT2D eigenvalue weighted by Crippen LogP contribution is -2.28. The molecule has 114 valence electrons. The molecular weight excluding hydrogens is 383 g/mol. The summed E-state index contributed by atoms with van der Waals surface area (Å²) in [4.78, 5) is 24.8. The summed E-state index contributed by atoms with van der Waals surface area (Å²) in [5.41, 5.74) is 0.420. The van der Waals surface area contributed by atoms with E-state index in [0.717, 1.165) is 19.3 Å². The zero-order valence-electron chi connectivity index (χ0n) is 12.3. The Morgan fingerprint density at radius 2 is 2.05 bits per heavy atom. The standard InChI is InChI=1S/C16H19IO4/c1-3-5-9-20-16-10(6-4-2)14(18)13-12(21-16)8-7-11(17)15(13)19/h7-8,11H,3-6,9H2,1-2H3. The molecular formula is C16H19IO4. The van der Waals surface area contributed by atoms with Crippen molar-refractivity contribution in [3.8, 4) is 5.95 Å². The summed E-state index contributed by atoms with van der Waals surface area (Å²) in [5.74, 6) is 0.419. The Morgan fingerprint density at radius 3 is 2.71 bits per heavy atom. The number of ether oxygens (including phenoxy) is 1. The van der Waals surface area contributed by atoms with Crippen LogP contribution in [-0.2, 0) is 6.42 Å². The minimum Gasteiger partial charge on any atom is -0.465 e. The van der Waals surface area contributed by atoms with Crippen LogP contribution in [0.25, 0.3) is 6.08 Å². The summed E-state index contributed by atoms with van der Waals surface area (Å²) in [6, 6.07) is 0. The van der Waals surface area contributed by atoms with Crippen LogP contribution in [0.1, 0.15) is 54.8 Å². The van der Waals surface area contributed by atoms with Gasteiger partial charge in [-0.05, 0) is 18.9 Å². The highest BCUT2D eigenvalue weighted by Gasteiger charge is 2.29. The molecule has 1 aliphatic carbocycles. The molecule has 2 rings (SSSR count). The van der Waals surface area contributed by atoms with Gasteiger partial charge >= 0.3 is 0 Å². The van der Waals surface area contributed by atoms with Gasteiger partial charge in [0.2, 0.25) is 5.43 Å². The number of halogens is 1. The van der Waals surface area contributed by atoms with Crippen molar-refractivity contribution >= 4 is 34.5 Å². The number of allylic oxidation sites excluding steroid dienone is 1. The second-order valence-electron chi connectivity index (χ2n) is 5.01. The van der Waals surface area contributed by atoms with Crippen LogP contribution in [0.5, 0.6) is 5.95 Å². The van der Waals surface area contributed by atoms with E-state index in [9.17, 15) is 9.59 Å². The Balaban J connectivity index is 2.49. The number of ketones is 1. The van der Waals surface area contributed by atoms with Crippen molar-refractivity contribution in [1.29, 1.82) is 0 Å². The molecule has 0 aliphatic heterocycles. The molecule has 21 heavy (non-hydrogen) atoms. The summed E-state index contributed by atoms with van der Waals surface area (Å²) in [7, 11) is 0. The highest BCUT2D eigenvalue weighted by atomic mass is 127. The van der Waals surface area contributed by atoms with Crippen molar-refractivity contribution < 1.29 is 13.9 Å². The van der Waals surface area contributed by atoms with Crippen molar-refractivity contribution in [2.24, 2.45) is 0 Å². The topological polar surface area (TPSA) is 56.5 Å². The molecule has 0 saturated carbocycles. The number of rotatable bonds is 6. The summed E-state index contributed by atoms with van der Waals surface area (Å²) >= 11 is 2.02. The number of hydrogen-bond donors (Lipinski definition) is 0. The van der Waals surface area contributed by atoms with Gasteiger partial charge in [0.25, 0.3) is 5.95 Å². The van der Waals surface area contributed by atoms with Crippen LogP contribution in [0.2, 0.25) is 0 Å². The molecule has 0 saturated heterocycles. The fraction of sp³-hybridized carbons (Fsp3) is 0.500. The van der Waals surface area contributed by atoms with Gasteiger partial charge in [-0.2, -0.15) is 0 Å². The maximum absolute atomic E-state index is 12.6. The van der Waals surface area contributed by atoms with Gasteiger partial charge in [0.1, 0.15) is 11.3 Å². The molecule has 1 aromatic heterocycles. The maximum atomic E-state index is 12.6. The van der Waals surface area contributed by atoms with Gasteiger partial charge in [-0.1, -0.05) is 55.4 Å². The van der Waals surface area contributed by atoms with Gasteiger partial charge in [0, 0.05) is 0 Å². The molecule has 0 N–H and O–H groups in total. The quantitative estimate of drug-likeness (QED) is 0.413. The number of alkyl halides is 1. The van der Waals surface area contributed by atoms with Crippen molar-refractivity contribution in [3.05, 3.63) is 33.2 Å². The van der Waals surface area contributed by atoms with E-state index in [1.807, 2.05) is 29.5 Å². The first-order valence-corrected chi connectivity index (χ1v) is 8.53. The van der Waals surface area contributed by atoms with E-state index in [0.29, 0.717) is 24.4 Å². The number of fused-ring (bicyclic) bond motifs is 1. The SMILES string of the molecule is CCCCOc1oc2c(c(=O)c1CCC)C(=O)C(I)C=C2. The smallest absolute Gasteiger partial charge is 0.292 e. The minimum atomic E-state index is -0.306. The van der Waals surface area contributed by atoms with E-state index in [1.54, 1.807) is 12.2 Å². The first-order chi connectivity index (χ1) is 10.1. The molecule has 0 aromatic carbocycles. The predicted octanol–water partition coefficient (Wildman–Crippen LogP) is 3.78. The van der Waals surface area contributed by atoms with Gasteiger partial charge in [0.05, 0.1) is 16.1 Å². The molecule has 1 unspecified atom stereocenters. The zero-order chi connectivity index (χ0) is 15.4. The van der Waals surface area contributed by atoms with Crippen molar-refractivity contribution in [3.63, 3.8) is 0 Å². The molecule has 0 bridgehead atoms. The molecule has 5 heteroatoms. The molecule has 0 fully saturated rings. The van der Waals surface area contributed by atoms with Crippen LogP contribution in [0.3, 0.4) is 0 Å². The van der Waals surface area contributed by atoms with E-state index in [4.69, 9.17) is 9.15 Å². The summed E-state index contributed by atoms with van der Waals surface area (Å²) in [5, 5.41) is 0. The third-order valence-electron chi connectivity index (χ3n) is 3.34. The molecule has 4 nitrogen and oxygen atoms in total. The molecule has 0 spiro atoms. The van der Waals surface area contributed by atoms with Crippen LogP contribution >= 0.6 is 22.6 Å². The highest BCUT2D eigenvalue weighted by molar-refractivity contribution is 14.1. The van der Waals surface area contributed by atoms with E-state index < -0.39 is 0 Å². The molecule has 1 heterocycles. The lowest BCUT2D eigenvalue weighted by atomic mass is 9.98. The van der Waals surface area contributed by atoms with Crippen LogP contribution in [0, 0.1) is 0 Å². The second-order valence-corrected chi connectivity index (χ2v) is 6.36. The number of carbonyl (C=O) groups is 1. The Bertz CT molecular complexity index is 615. The van der Waals surface area contributed by atoms with Gasteiger partial charge in [-0.15, -0.1) is 0 Å². The normalized spacial score (nSPS) is 16.9. The van der Waals surface area contributed by atoms with Gasteiger partial charge < -0.3 is 9.15 Å². The summed E-state index contributed by atoms with van der Waals surface area (Å²) < 4.78 is 11.0. The van der Waals surface area contributed by atoms with E-state index >= 15 is 0 Å². The largest absolute Gasteiger partial charge is 0.465 e. The second kappa shape index (κ2) is 7.24. The Morgan fingerprint density at radius 1 is 1.29 bits per heavy atom. The fourth-order valence-electron chi connectivity index (χ4n) is 2.21. The third-order valence-corrected chi connectivity index (χ3v) is 4.32. The van der Waals surface area contributed by atoms with Crippen LogP contribution < -0.4 is 10.2 Å². The first-order valence-electron chi connectivity index (χ1n) is 7.29. The highest BCUT2D eigenvalue weighted by Crippen LogP contribution is 2.27. The maximum Gasteiger partial charge on any atom is 0.292 e.